The lowest BCUT2D eigenvalue weighted by atomic mass is 10.1. The number of rotatable bonds is 5. The van der Waals surface area contributed by atoms with Gasteiger partial charge in [-0.25, -0.2) is 4.79 Å². The Morgan fingerprint density at radius 1 is 1.12 bits per heavy atom. The lowest BCUT2D eigenvalue weighted by Crippen LogP contribution is -2.27. The minimum absolute atomic E-state index is 0.292. The normalized spacial score (nSPS) is 12.2. The number of primary amides is 1. The molecule has 0 unspecified atom stereocenters. The Hall–Kier alpha value is -3.23. The van der Waals surface area contributed by atoms with E-state index in [1.807, 2.05) is 0 Å². The average molecular weight is 367 g/mol. The second-order valence-electron chi connectivity index (χ2n) is 5.38. The molecule has 0 fully saturated rings. The SMILES string of the molecule is C[C@H](NC(=O)c1cccc(NC(N)=O)c1)c1ccc(OC(F)(F)F)cc1. The van der Waals surface area contributed by atoms with Crippen LogP contribution in [0.15, 0.2) is 48.5 Å². The van der Waals surface area contributed by atoms with Crippen molar-refractivity contribution in [1.29, 1.82) is 0 Å². The Bertz CT molecular complexity index is 792. The molecule has 3 amide bonds. The molecule has 0 saturated heterocycles. The first kappa shape index (κ1) is 19.1. The molecule has 9 heteroatoms. The molecule has 0 aromatic heterocycles. The van der Waals surface area contributed by atoms with Crippen molar-refractivity contribution in [3.05, 3.63) is 59.7 Å². The number of ether oxygens (including phenoxy) is 1. The molecule has 0 aliphatic carbocycles. The van der Waals surface area contributed by atoms with Gasteiger partial charge in [0.25, 0.3) is 5.91 Å². The molecule has 0 saturated carbocycles. The Balaban J connectivity index is 2.03. The summed E-state index contributed by atoms with van der Waals surface area (Å²) >= 11 is 0. The largest absolute Gasteiger partial charge is 0.573 e. The van der Waals surface area contributed by atoms with Crippen LogP contribution in [0.3, 0.4) is 0 Å². The molecule has 0 bridgehead atoms. The first-order valence-electron chi connectivity index (χ1n) is 7.47. The van der Waals surface area contributed by atoms with Gasteiger partial charge in [0.2, 0.25) is 0 Å². The third-order valence-corrected chi connectivity index (χ3v) is 3.35. The topological polar surface area (TPSA) is 93.5 Å². The predicted molar refractivity (Wildman–Crippen MR) is 88.7 cm³/mol. The van der Waals surface area contributed by atoms with Crippen LogP contribution < -0.4 is 21.1 Å². The summed E-state index contributed by atoms with van der Waals surface area (Å²) < 4.78 is 40.3. The zero-order valence-electron chi connectivity index (χ0n) is 13.6. The fraction of sp³-hybridized carbons (Fsp3) is 0.176. The smallest absolute Gasteiger partial charge is 0.406 e. The standard InChI is InChI=1S/C17H16F3N3O3/c1-10(11-5-7-14(8-6-11)26-17(18,19)20)22-15(24)12-3-2-4-13(9-12)23-16(21)25/h2-10H,1H3,(H,22,24)(H3,21,23,25)/t10-/m0/s1. The molecular formula is C17H16F3N3O3. The molecule has 0 heterocycles. The van der Waals surface area contributed by atoms with Crippen LogP contribution in [0, 0.1) is 0 Å². The summed E-state index contributed by atoms with van der Waals surface area (Å²) in [6.45, 7) is 1.68. The molecule has 26 heavy (non-hydrogen) atoms. The molecule has 2 aromatic rings. The van der Waals surface area contributed by atoms with E-state index >= 15 is 0 Å². The van der Waals surface area contributed by atoms with Gasteiger partial charge in [-0.3, -0.25) is 4.79 Å². The molecule has 6 nitrogen and oxygen atoms in total. The number of halogens is 3. The number of hydrogen-bond donors (Lipinski definition) is 3. The second kappa shape index (κ2) is 7.77. The van der Waals surface area contributed by atoms with Crippen LogP contribution in [0.25, 0.3) is 0 Å². The van der Waals surface area contributed by atoms with E-state index in [1.54, 1.807) is 25.1 Å². The van der Waals surface area contributed by atoms with E-state index in [0.29, 0.717) is 16.8 Å². The highest BCUT2D eigenvalue weighted by Crippen LogP contribution is 2.24. The maximum Gasteiger partial charge on any atom is 0.573 e. The van der Waals surface area contributed by atoms with Crippen LogP contribution >= 0.6 is 0 Å². The van der Waals surface area contributed by atoms with Gasteiger partial charge < -0.3 is 21.1 Å². The number of alkyl halides is 3. The van der Waals surface area contributed by atoms with Crippen LogP contribution in [-0.4, -0.2) is 18.3 Å². The van der Waals surface area contributed by atoms with Gasteiger partial charge in [-0.1, -0.05) is 18.2 Å². The van der Waals surface area contributed by atoms with Gasteiger partial charge in [-0.15, -0.1) is 13.2 Å². The van der Waals surface area contributed by atoms with Crippen LogP contribution in [0.2, 0.25) is 0 Å². The number of benzene rings is 2. The fourth-order valence-corrected chi connectivity index (χ4v) is 2.20. The Labute approximate surface area is 147 Å². The Kier molecular flexibility index (Phi) is 5.71. The van der Waals surface area contributed by atoms with E-state index in [9.17, 15) is 22.8 Å². The van der Waals surface area contributed by atoms with Crippen molar-refractivity contribution in [2.75, 3.05) is 5.32 Å². The maximum atomic E-state index is 12.3. The van der Waals surface area contributed by atoms with E-state index in [-0.39, 0.29) is 5.75 Å². The summed E-state index contributed by atoms with van der Waals surface area (Å²) in [5.74, 6) is -0.758. The van der Waals surface area contributed by atoms with E-state index in [1.165, 1.54) is 30.3 Å². The monoisotopic (exact) mass is 367 g/mol. The number of nitrogens with two attached hydrogens (primary N) is 1. The molecule has 2 rings (SSSR count). The quantitative estimate of drug-likeness (QED) is 0.754. The summed E-state index contributed by atoms with van der Waals surface area (Å²) in [5.41, 5.74) is 6.28. The second-order valence-corrected chi connectivity index (χ2v) is 5.38. The highest BCUT2D eigenvalue weighted by atomic mass is 19.4. The van der Waals surface area contributed by atoms with Crippen molar-refractivity contribution in [2.24, 2.45) is 5.73 Å². The molecule has 0 aliphatic rings. The predicted octanol–water partition coefficient (Wildman–Crippen LogP) is 3.57. The minimum Gasteiger partial charge on any atom is -0.406 e. The lowest BCUT2D eigenvalue weighted by Gasteiger charge is -2.16. The third kappa shape index (κ3) is 5.69. The molecule has 0 radical (unpaired) electrons. The summed E-state index contributed by atoms with van der Waals surface area (Å²) in [6, 6.07) is 10.1. The van der Waals surface area contributed by atoms with Crippen LogP contribution in [-0.2, 0) is 0 Å². The molecule has 138 valence electrons. The van der Waals surface area contributed by atoms with Crippen molar-refractivity contribution in [2.45, 2.75) is 19.3 Å². The number of carbonyl (C=O) groups excluding carboxylic acids is 2. The summed E-state index contributed by atoms with van der Waals surface area (Å²) in [6.07, 6.45) is -4.76. The zero-order valence-corrected chi connectivity index (χ0v) is 13.6. The van der Waals surface area contributed by atoms with Gasteiger partial charge >= 0.3 is 12.4 Å². The minimum atomic E-state index is -4.76. The Morgan fingerprint density at radius 2 is 1.77 bits per heavy atom. The summed E-state index contributed by atoms with van der Waals surface area (Å²) in [4.78, 5) is 23.1. The molecule has 2 aromatic carbocycles. The highest BCUT2D eigenvalue weighted by Gasteiger charge is 2.31. The molecule has 0 aliphatic heterocycles. The van der Waals surface area contributed by atoms with Crippen LogP contribution in [0.1, 0.15) is 28.9 Å². The molecule has 1 atom stereocenters. The summed E-state index contributed by atoms with van der Waals surface area (Å²) in [7, 11) is 0. The van der Waals surface area contributed by atoms with Crippen molar-refractivity contribution >= 4 is 17.6 Å². The van der Waals surface area contributed by atoms with E-state index in [2.05, 4.69) is 15.4 Å². The zero-order chi connectivity index (χ0) is 19.3. The van der Waals surface area contributed by atoms with Gasteiger partial charge in [0.05, 0.1) is 6.04 Å². The number of urea groups is 1. The van der Waals surface area contributed by atoms with Gasteiger partial charge in [0.1, 0.15) is 5.75 Å². The van der Waals surface area contributed by atoms with Crippen molar-refractivity contribution < 1.29 is 27.5 Å². The van der Waals surface area contributed by atoms with Crippen molar-refractivity contribution in [3.63, 3.8) is 0 Å². The lowest BCUT2D eigenvalue weighted by molar-refractivity contribution is -0.274. The number of nitrogens with one attached hydrogen (secondary N) is 2. The molecule has 4 N–H and O–H groups in total. The van der Waals surface area contributed by atoms with Crippen molar-refractivity contribution in [1.82, 2.24) is 5.32 Å². The highest BCUT2D eigenvalue weighted by molar-refractivity contribution is 5.96. The number of carbonyl (C=O) groups is 2. The first-order chi connectivity index (χ1) is 12.1. The number of amides is 3. The molecule has 0 spiro atoms. The van der Waals surface area contributed by atoms with E-state index in [0.717, 1.165) is 0 Å². The van der Waals surface area contributed by atoms with Gasteiger partial charge in [-0.05, 0) is 42.8 Å². The first-order valence-corrected chi connectivity index (χ1v) is 7.47. The third-order valence-electron chi connectivity index (χ3n) is 3.35. The van der Waals surface area contributed by atoms with Crippen LogP contribution in [0.4, 0.5) is 23.7 Å². The summed E-state index contributed by atoms with van der Waals surface area (Å²) in [5, 5.41) is 5.08. The van der Waals surface area contributed by atoms with Crippen molar-refractivity contribution in [3.8, 4) is 5.75 Å². The van der Waals surface area contributed by atoms with E-state index < -0.39 is 24.3 Å². The number of hydrogen-bond acceptors (Lipinski definition) is 3. The Morgan fingerprint density at radius 3 is 2.35 bits per heavy atom. The number of anilines is 1. The maximum absolute atomic E-state index is 12.3. The fourth-order valence-electron chi connectivity index (χ4n) is 2.20. The average Bonchev–Trinajstić information content (AvgIpc) is 2.53. The van der Waals surface area contributed by atoms with Gasteiger partial charge in [0, 0.05) is 11.3 Å². The van der Waals surface area contributed by atoms with Gasteiger partial charge in [0.15, 0.2) is 0 Å². The van der Waals surface area contributed by atoms with E-state index in [4.69, 9.17) is 5.73 Å². The van der Waals surface area contributed by atoms with Gasteiger partial charge in [-0.2, -0.15) is 0 Å². The molecular weight excluding hydrogens is 351 g/mol. The van der Waals surface area contributed by atoms with Crippen LogP contribution in [0.5, 0.6) is 5.75 Å².